The molecule has 1 aliphatic heterocycles. The predicted molar refractivity (Wildman–Crippen MR) is 135 cm³/mol. The Labute approximate surface area is 205 Å². The Morgan fingerprint density at radius 1 is 1.00 bits per heavy atom. The number of amides is 1. The van der Waals surface area contributed by atoms with Gasteiger partial charge in [-0.2, -0.15) is 0 Å². The molecule has 2 unspecified atom stereocenters. The number of fused-ring (bicyclic) bond motifs is 1. The lowest BCUT2D eigenvalue weighted by Gasteiger charge is -2.23. The number of carbonyl (C=O) groups is 1. The minimum atomic E-state index is -0.737. The third kappa shape index (κ3) is 5.45. The summed E-state index contributed by atoms with van der Waals surface area (Å²) in [4.78, 5) is 13.0. The van der Waals surface area contributed by atoms with Crippen molar-refractivity contribution in [2.45, 2.75) is 38.0 Å². The summed E-state index contributed by atoms with van der Waals surface area (Å²) >= 11 is 0. The first kappa shape index (κ1) is 23.7. The van der Waals surface area contributed by atoms with Gasteiger partial charge in [-0.1, -0.05) is 54.6 Å². The number of halogens is 1. The fourth-order valence-electron chi connectivity index (χ4n) is 5.19. The molecule has 2 atom stereocenters. The predicted octanol–water partition coefficient (Wildman–Crippen LogP) is 3.97. The number of aliphatic hydroxyl groups excluding tert-OH is 1. The summed E-state index contributed by atoms with van der Waals surface area (Å²) in [7, 11) is 0. The molecule has 1 fully saturated rings. The lowest BCUT2D eigenvalue weighted by Crippen LogP contribution is -2.34. The van der Waals surface area contributed by atoms with E-state index < -0.39 is 23.9 Å². The summed E-state index contributed by atoms with van der Waals surface area (Å²) in [5.74, 6) is -0.399. The number of hydrogen-bond acceptors (Lipinski definition) is 4. The van der Waals surface area contributed by atoms with Crippen LogP contribution in [0.3, 0.4) is 0 Å². The van der Waals surface area contributed by atoms with Crippen molar-refractivity contribution >= 4 is 5.91 Å². The average molecular weight is 474 g/mol. The molecule has 6 heteroatoms. The van der Waals surface area contributed by atoms with E-state index in [1.165, 1.54) is 25.0 Å². The zero-order chi connectivity index (χ0) is 24.2. The van der Waals surface area contributed by atoms with Crippen LogP contribution >= 0.6 is 0 Å². The standard InChI is InChI=1S/C29H32FN3O2/c30-26-15-22(21-4-2-1-3-5-21)8-9-24(26)29(35)33-28-25-14-20(6-7-23(25)16-27(28)34)18-32-17-19-10-12-31-13-11-19/h1-9,14-15,19,27-28,31-32,34H,10-13,16-18H2,(H,33,35). The second-order valence-corrected chi connectivity index (χ2v) is 9.64. The minimum absolute atomic E-state index is 0.0230. The van der Waals surface area contributed by atoms with Crippen LogP contribution in [0.25, 0.3) is 11.1 Å². The molecule has 5 rings (SSSR count). The quantitative estimate of drug-likeness (QED) is 0.419. The number of aliphatic hydroxyl groups is 1. The van der Waals surface area contributed by atoms with Crippen molar-refractivity contribution in [1.29, 1.82) is 0 Å². The Kier molecular flexibility index (Phi) is 7.23. The zero-order valence-corrected chi connectivity index (χ0v) is 19.8. The van der Waals surface area contributed by atoms with Gasteiger partial charge in [-0.25, -0.2) is 4.39 Å². The van der Waals surface area contributed by atoms with Crippen LogP contribution in [0.4, 0.5) is 4.39 Å². The topological polar surface area (TPSA) is 73.4 Å². The van der Waals surface area contributed by atoms with Gasteiger partial charge in [0.05, 0.1) is 17.7 Å². The van der Waals surface area contributed by atoms with Gasteiger partial charge in [0, 0.05) is 13.0 Å². The Bertz CT molecular complexity index is 1180. The van der Waals surface area contributed by atoms with Crippen molar-refractivity contribution in [2.24, 2.45) is 5.92 Å². The van der Waals surface area contributed by atoms with E-state index in [-0.39, 0.29) is 5.56 Å². The molecule has 1 saturated heterocycles. The van der Waals surface area contributed by atoms with Crippen molar-refractivity contribution in [3.63, 3.8) is 0 Å². The molecular weight excluding hydrogens is 441 g/mol. The SMILES string of the molecule is O=C(NC1c2cc(CNCC3CCNCC3)ccc2CC1O)c1ccc(-c2ccccc2)cc1F. The van der Waals surface area contributed by atoms with Gasteiger partial charge in [0.25, 0.3) is 5.91 Å². The van der Waals surface area contributed by atoms with Gasteiger partial charge in [0.15, 0.2) is 0 Å². The third-order valence-corrected chi connectivity index (χ3v) is 7.19. The molecular formula is C29H32FN3O2. The summed E-state index contributed by atoms with van der Waals surface area (Å²) in [6, 6.07) is 19.7. The van der Waals surface area contributed by atoms with Crippen LogP contribution < -0.4 is 16.0 Å². The molecule has 0 saturated carbocycles. The summed E-state index contributed by atoms with van der Waals surface area (Å²) in [5, 5.41) is 20.5. The van der Waals surface area contributed by atoms with Crippen molar-refractivity contribution in [2.75, 3.05) is 19.6 Å². The number of hydrogen-bond donors (Lipinski definition) is 4. The molecule has 0 bridgehead atoms. The fraction of sp³-hybridized carbons (Fsp3) is 0.345. The van der Waals surface area contributed by atoms with Gasteiger partial charge in [-0.3, -0.25) is 4.79 Å². The van der Waals surface area contributed by atoms with Crippen LogP contribution in [-0.4, -0.2) is 36.8 Å². The molecule has 1 heterocycles. The first-order chi connectivity index (χ1) is 17.1. The largest absolute Gasteiger partial charge is 0.390 e. The molecule has 0 aromatic heterocycles. The second kappa shape index (κ2) is 10.7. The highest BCUT2D eigenvalue weighted by Gasteiger charge is 2.33. The summed E-state index contributed by atoms with van der Waals surface area (Å²) in [6.45, 7) is 3.89. The van der Waals surface area contributed by atoms with Crippen LogP contribution in [0.5, 0.6) is 0 Å². The Morgan fingerprint density at radius 3 is 2.57 bits per heavy atom. The van der Waals surface area contributed by atoms with Gasteiger partial charge in [0.1, 0.15) is 5.82 Å². The summed E-state index contributed by atoms with van der Waals surface area (Å²) in [5.41, 5.74) is 4.63. The van der Waals surface area contributed by atoms with Crippen molar-refractivity contribution < 1.29 is 14.3 Å². The van der Waals surface area contributed by atoms with E-state index >= 15 is 0 Å². The highest BCUT2D eigenvalue weighted by atomic mass is 19.1. The Balaban J connectivity index is 1.26. The maximum atomic E-state index is 14.9. The van der Waals surface area contributed by atoms with Gasteiger partial charge in [-0.15, -0.1) is 0 Å². The monoisotopic (exact) mass is 473 g/mol. The van der Waals surface area contributed by atoms with E-state index in [0.717, 1.165) is 48.4 Å². The molecule has 3 aromatic carbocycles. The highest BCUT2D eigenvalue weighted by Crippen LogP contribution is 2.33. The summed E-state index contributed by atoms with van der Waals surface area (Å²) in [6.07, 6.45) is 2.12. The maximum absolute atomic E-state index is 14.9. The second-order valence-electron chi connectivity index (χ2n) is 9.64. The van der Waals surface area contributed by atoms with E-state index in [1.54, 1.807) is 6.07 Å². The van der Waals surface area contributed by atoms with Crippen LogP contribution in [-0.2, 0) is 13.0 Å². The molecule has 182 valence electrons. The molecule has 5 nitrogen and oxygen atoms in total. The number of rotatable bonds is 7. The molecule has 1 amide bonds. The van der Waals surface area contributed by atoms with Gasteiger partial charge in [-0.05, 0) is 78.3 Å². The van der Waals surface area contributed by atoms with Gasteiger partial charge >= 0.3 is 0 Å². The van der Waals surface area contributed by atoms with E-state index in [1.807, 2.05) is 36.4 Å². The number of carbonyl (C=O) groups excluding carboxylic acids is 1. The van der Waals surface area contributed by atoms with E-state index in [9.17, 15) is 14.3 Å². The number of nitrogens with one attached hydrogen (secondary N) is 3. The maximum Gasteiger partial charge on any atom is 0.254 e. The summed E-state index contributed by atoms with van der Waals surface area (Å²) < 4.78 is 14.9. The molecule has 35 heavy (non-hydrogen) atoms. The van der Waals surface area contributed by atoms with Crippen LogP contribution in [0.1, 0.15) is 45.9 Å². The van der Waals surface area contributed by atoms with E-state index in [0.29, 0.717) is 17.9 Å². The first-order valence-corrected chi connectivity index (χ1v) is 12.5. The zero-order valence-electron chi connectivity index (χ0n) is 19.8. The lowest BCUT2D eigenvalue weighted by molar-refractivity contribution is 0.0854. The van der Waals surface area contributed by atoms with Gasteiger partial charge in [0.2, 0.25) is 0 Å². The fourth-order valence-corrected chi connectivity index (χ4v) is 5.19. The Morgan fingerprint density at radius 2 is 1.80 bits per heavy atom. The number of piperidine rings is 1. The van der Waals surface area contributed by atoms with Crippen molar-refractivity contribution in [3.8, 4) is 11.1 Å². The van der Waals surface area contributed by atoms with Crippen molar-refractivity contribution in [1.82, 2.24) is 16.0 Å². The lowest BCUT2D eigenvalue weighted by atomic mass is 9.98. The molecule has 1 aliphatic carbocycles. The van der Waals surface area contributed by atoms with Crippen LogP contribution in [0, 0.1) is 11.7 Å². The first-order valence-electron chi connectivity index (χ1n) is 12.5. The normalized spacial score (nSPS) is 19.9. The molecule has 0 spiro atoms. The third-order valence-electron chi connectivity index (χ3n) is 7.19. The minimum Gasteiger partial charge on any atom is -0.390 e. The molecule has 0 radical (unpaired) electrons. The Hall–Kier alpha value is -3.06. The number of benzene rings is 3. The van der Waals surface area contributed by atoms with Crippen LogP contribution in [0.15, 0.2) is 66.7 Å². The molecule has 2 aliphatic rings. The molecule has 3 aromatic rings. The van der Waals surface area contributed by atoms with Crippen molar-refractivity contribution in [3.05, 3.63) is 94.8 Å². The smallest absolute Gasteiger partial charge is 0.254 e. The van der Waals surface area contributed by atoms with E-state index in [4.69, 9.17) is 0 Å². The van der Waals surface area contributed by atoms with Gasteiger partial charge < -0.3 is 21.1 Å². The van der Waals surface area contributed by atoms with E-state index in [2.05, 4.69) is 28.1 Å². The molecule has 4 N–H and O–H groups in total. The average Bonchev–Trinajstić information content (AvgIpc) is 3.19. The highest BCUT2D eigenvalue weighted by molar-refractivity contribution is 5.95. The van der Waals surface area contributed by atoms with Crippen LogP contribution in [0.2, 0.25) is 0 Å².